The van der Waals surface area contributed by atoms with Crippen LogP contribution in [0.3, 0.4) is 0 Å². The van der Waals surface area contributed by atoms with Crippen LogP contribution in [0.15, 0.2) is 17.0 Å². The van der Waals surface area contributed by atoms with Crippen molar-refractivity contribution in [1.82, 2.24) is 10.0 Å². The molecular weight excluding hydrogens is 291 g/mol. The summed E-state index contributed by atoms with van der Waals surface area (Å²) in [5, 5.41) is 3.02. The van der Waals surface area contributed by atoms with Gasteiger partial charge in [-0.05, 0) is 49.9 Å². The maximum Gasteiger partial charge on any atom is 0.240 e. The molecule has 1 saturated carbocycles. The van der Waals surface area contributed by atoms with Crippen LogP contribution >= 0.6 is 0 Å². The Morgan fingerprint density at radius 2 is 2.00 bits per heavy atom. The lowest BCUT2D eigenvalue weighted by Gasteiger charge is -2.33. The number of nitrogens with one attached hydrogen (secondary N) is 2. The largest absolute Gasteiger partial charge is 0.313 e. The lowest BCUT2D eigenvalue weighted by Crippen LogP contribution is -2.43. The molecule has 6 heteroatoms. The average Bonchev–Trinajstić information content (AvgIpc) is 2.38. The van der Waals surface area contributed by atoms with E-state index < -0.39 is 10.0 Å². The fraction of sp³-hybridized carbons (Fsp3) is 0.600. The number of sulfonamides is 1. The van der Waals surface area contributed by atoms with Crippen molar-refractivity contribution in [3.63, 3.8) is 0 Å². The second-order valence-corrected chi connectivity index (χ2v) is 7.60. The second kappa shape index (κ2) is 6.42. The summed E-state index contributed by atoms with van der Waals surface area (Å²) >= 11 is 0. The van der Waals surface area contributed by atoms with Crippen LogP contribution in [0.1, 0.15) is 37.8 Å². The summed E-state index contributed by atoms with van der Waals surface area (Å²) in [5.74, 6) is 0.226. The molecule has 118 valence electrons. The van der Waals surface area contributed by atoms with Crippen LogP contribution < -0.4 is 10.0 Å². The van der Waals surface area contributed by atoms with Crippen molar-refractivity contribution in [2.75, 3.05) is 6.54 Å². The molecule has 0 aliphatic heterocycles. The van der Waals surface area contributed by atoms with Crippen LogP contribution in [0.4, 0.5) is 4.39 Å². The molecule has 1 aromatic rings. The first-order valence-electron chi connectivity index (χ1n) is 7.35. The average molecular weight is 314 g/mol. The van der Waals surface area contributed by atoms with Gasteiger partial charge in [0.1, 0.15) is 5.82 Å². The van der Waals surface area contributed by atoms with Crippen LogP contribution in [0.5, 0.6) is 0 Å². The van der Waals surface area contributed by atoms with E-state index in [2.05, 4.69) is 17.0 Å². The Morgan fingerprint density at radius 3 is 2.57 bits per heavy atom. The minimum absolute atomic E-state index is 0.00701. The zero-order valence-corrected chi connectivity index (χ0v) is 13.6. The predicted molar refractivity (Wildman–Crippen MR) is 81.0 cm³/mol. The van der Waals surface area contributed by atoms with Gasteiger partial charge in [0.05, 0.1) is 4.90 Å². The quantitative estimate of drug-likeness (QED) is 0.847. The molecule has 1 fully saturated rings. The Hall–Kier alpha value is -0.980. The number of benzene rings is 1. The van der Waals surface area contributed by atoms with E-state index in [0.29, 0.717) is 30.1 Å². The summed E-state index contributed by atoms with van der Waals surface area (Å²) in [7, 11) is -3.58. The molecule has 0 spiro atoms. The predicted octanol–water partition coefficient (Wildman–Crippen LogP) is 2.32. The molecule has 1 aliphatic rings. The third kappa shape index (κ3) is 3.81. The zero-order chi connectivity index (χ0) is 15.6. The molecule has 0 radical (unpaired) electrons. The van der Waals surface area contributed by atoms with Crippen LogP contribution in [0.25, 0.3) is 0 Å². The van der Waals surface area contributed by atoms with Gasteiger partial charge in [0, 0.05) is 18.2 Å². The van der Waals surface area contributed by atoms with Crippen molar-refractivity contribution < 1.29 is 12.8 Å². The van der Waals surface area contributed by atoms with Crippen LogP contribution in [0, 0.1) is 18.7 Å². The summed E-state index contributed by atoms with van der Waals surface area (Å²) < 4.78 is 41.5. The summed E-state index contributed by atoms with van der Waals surface area (Å²) in [6, 6.07) is 2.83. The van der Waals surface area contributed by atoms with E-state index in [1.54, 1.807) is 6.92 Å². The summed E-state index contributed by atoms with van der Waals surface area (Å²) in [5.41, 5.74) is 0.743. The molecule has 0 bridgehead atoms. The van der Waals surface area contributed by atoms with Gasteiger partial charge in [-0.3, -0.25) is 0 Å². The zero-order valence-electron chi connectivity index (χ0n) is 12.7. The van der Waals surface area contributed by atoms with Gasteiger partial charge in [0.25, 0.3) is 0 Å². The topological polar surface area (TPSA) is 58.2 Å². The molecule has 0 saturated heterocycles. The number of aryl methyl sites for hydroxylation is 1. The first kappa shape index (κ1) is 16.4. The van der Waals surface area contributed by atoms with Crippen LogP contribution in [-0.2, 0) is 16.6 Å². The highest BCUT2D eigenvalue weighted by Crippen LogP contribution is 2.28. The highest BCUT2D eigenvalue weighted by Gasteiger charge is 2.30. The third-order valence-electron chi connectivity index (χ3n) is 3.87. The SMILES string of the molecule is CCNCc1cc(S(=O)(=O)NC2CC(C)C2)cc(C)c1F. The fourth-order valence-corrected chi connectivity index (χ4v) is 4.03. The van der Waals surface area contributed by atoms with E-state index in [4.69, 9.17) is 0 Å². The van der Waals surface area contributed by atoms with E-state index in [0.717, 1.165) is 12.8 Å². The monoisotopic (exact) mass is 314 g/mol. The van der Waals surface area contributed by atoms with Gasteiger partial charge >= 0.3 is 0 Å². The Morgan fingerprint density at radius 1 is 1.33 bits per heavy atom. The van der Waals surface area contributed by atoms with Gasteiger partial charge in [-0.15, -0.1) is 0 Å². The second-order valence-electron chi connectivity index (χ2n) is 5.89. The first-order chi connectivity index (χ1) is 9.83. The normalized spacial score (nSPS) is 22.1. The van der Waals surface area contributed by atoms with Gasteiger partial charge < -0.3 is 5.32 Å². The van der Waals surface area contributed by atoms with E-state index >= 15 is 0 Å². The van der Waals surface area contributed by atoms with Gasteiger partial charge in [0.15, 0.2) is 0 Å². The standard InChI is InChI=1S/C15H23FN2O2S/c1-4-17-9-12-8-14(7-11(3)15(12)16)21(19,20)18-13-5-10(2)6-13/h7-8,10,13,17-18H,4-6,9H2,1-3H3. The highest BCUT2D eigenvalue weighted by atomic mass is 32.2. The lowest BCUT2D eigenvalue weighted by molar-refractivity contribution is 0.270. The Bertz CT molecular complexity index is 610. The molecule has 0 amide bonds. The molecule has 0 aromatic heterocycles. The molecular formula is C15H23FN2O2S. The summed E-state index contributed by atoms with van der Waals surface area (Å²) in [4.78, 5) is 0.147. The molecule has 0 heterocycles. The first-order valence-corrected chi connectivity index (χ1v) is 8.84. The number of hydrogen-bond acceptors (Lipinski definition) is 3. The molecule has 2 rings (SSSR count). The van der Waals surface area contributed by atoms with Gasteiger partial charge in [-0.2, -0.15) is 0 Å². The van der Waals surface area contributed by atoms with Crippen molar-refractivity contribution in [2.24, 2.45) is 5.92 Å². The van der Waals surface area contributed by atoms with Gasteiger partial charge in [-0.25, -0.2) is 17.5 Å². The highest BCUT2D eigenvalue weighted by molar-refractivity contribution is 7.89. The molecule has 1 aromatic carbocycles. The summed E-state index contributed by atoms with van der Waals surface area (Å²) in [6.45, 7) is 6.64. The fourth-order valence-electron chi connectivity index (χ4n) is 2.64. The van der Waals surface area contributed by atoms with E-state index in [1.807, 2.05) is 6.92 Å². The Balaban J connectivity index is 2.23. The van der Waals surface area contributed by atoms with E-state index in [-0.39, 0.29) is 16.8 Å². The smallest absolute Gasteiger partial charge is 0.240 e. The van der Waals surface area contributed by atoms with Crippen LogP contribution in [-0.4, -0.2) is 21.0 Å². The lowest BCUT2D eigenvalue weighted by atomic mass is 9.83. The minimum Gasteiger partial charge on any atom is -0.313 e. The van der Waals surface area contributed by atoms with Crippen molar-refractivity contribution >= 4 is 10.0 Å². The number of halogens is 1. The van der Waals surface area contributed by atoms with E-state index in [1.165, 1.54) is 12.1 Å². The maximum absolute atomic E-state index is 14.0. The van der Waals surface area contributed by atoms with Crippen molar-refractivity contribution in [3.8, 4) is 0 Å². The number of rotatable bonds is 6. The molecule has 1 aliphatic carbocycles. The molecule has 21 heavy (non-hydrogen) atoms. The minimum atomic E-state index is -3.58. The summed E-state index contributed by atoms with van der Waals surface area (Å²) in [6.07, 6.45) is 1.73. The van der Waals surface area contributed by atoms with Gasteiger partial charge in [-0.1, -0.05) is 13.8 Å². The van der Waals surface area contributed by atoms with E-state index in [9.17, 15) is 12.8 Å². The third-order valence-corrected chi connectivity index (χ3v) is 5.37. The molecule has 4 nitrogen and oxygen atoms in total. The van der Waals surface area contributed by atoms with Gasteiger partial charge in [0.2, 0.25) is 10.0 Å². The van der Waals surface area contributed by atoms with Crippen molar-refractivity contribution in [3.05, 3.63) is 29.1 Å². The van der Waals surface area contributed by atoms with Crippen molar-refractivity contribution in [2.45, 2.75) is 51.1 Å². The molecule has 0 unspecified atom stereocenters. The molecule has 2 N–H and O–H groups in total. The number of hydrogen-bond donors (Lipinski definition) is 2. The molecule has 0 atom stereocenters. The Labute approximate surface area is 126 Å². The van der Waals surface area contributed by atoms with Crippen LogP contribution in [0.2, 0.25) is 0 Å². The van der Waals surface area contributed by atoms with Crippen molar-refractivity contribution in [1.29, 1.82) is 0 Å². The Kier molecular flexibility index (Phi) is 5.01. The maximum atomic E-state index is 14.0.